The summed E-state index contributed by atoms with van der Waals surface area (Å²) in [6.07, 6.45) is 0. The van der Waals surface area contributed by atoms with Gasteiger partial charge < -0.3 is 5.11 Å². The summed E-state index contributed by atoms with van der Waals surface area (Å²) in [5.74, 6) is -0.797. The van der Waals surface area contributed by atoms with E-state index in [4.69, 9.17) is 5.11 Å². The van der Waals surface area contributed by atoms with Crippen molar-refractivity contribution in [3.05, 3.63) is 0 Å². The molecule has 0 aliphatic rings. The molecule has 44 valence electrons. The molecule has 0 atom stereocenters. The zero-order chi connectivity index (χ0) is 6.08. The monoisotopic (exact) mass is 640 g/mol. The maximum absolute atomic E-state index is 10.00. The first kappa shape index (κ1) is 13.2. The van der Waals surface area contributed by atoms with E-state index < -0.39 is 5.40 Å². The third kappa shape index (κ3) is 6.71. The number of hydrogen-bond acceptors (Lipinski definition) is 1. The molecule has 0 spiro atoms. The maximum Gasteiger partial charge on any atom is 0.339 e. The van der Waals surface area contributed by atoms with Crippen molar-refractivity contribution in [2.24, 2.45) is 0 Å². The predicted octanol–water partition coefficient (Wildman–Crippen LogP) is 2.03. The summed E-state index contributed by atoms with van der Waals surface area (Å²) in [6.45, 7) is 0. The van der Waals surface area contributed by atoms with Crippen molar-refractivity contribution in [2.45, 2.75) is -0.565 Å². The summed E-state index contributed by atoms with van der Waals surface area (Å²) in [6, 6.07) is 0. The van der Waals surface area contributed by atoms with E-state index in [9.17, 15) is 4.79 Å². The van der Waals surface area contributed by atoms with Crippen molar-refractivity contribution in [1.29, 1.82) is 0 Å². The van der Waals surface area contributed by atoms with Crippen LogP contribution in [0, 0.1) is 0 Å². The van der Waals surface area contributed by atoms with Gasteiger partial charge in [-0.25, -0.2) is 4.79 Å². The first-order chi connectivity index (χ1) is 2.94. The second-order valence-electron chi connectivity index (χ2n) is 0.803. The first-order valence-electron chi connectivity index (χ1n) is 1.24. The van der Waals surface area contributed by atoms with Gasteiger partial charge in [-0.2, -0.15) is 0 Å². The Kier molecular flexibility index (Phi) is 8.70. The largest absolute Gasteiger partial charge is 0.479 e. The van der Waals surface area contributed by atoms with Crippen molar-refractivity contribution in [2.75, 3.05) is 0 Å². The van der Waals surface area contributed by atoms with E-state index >= 15 is 0 Å². The Balaban J connectivity index is 0. The quantitative estimate of drug-likeness (QED) is 0.272. The predicted molar refractivity (Wildman–Crippen MR) is 52.4 cm³/mol. The fraction of sp³-hybridized carbons (Fsp3) is 0.500. The van der Waals surface area contributed by atoms with E-state index in [2.05, 4.69) is 0 Å². The average molecular weight is 638 g/mol. The third-order valence-electron chi connectivity index (χ3n) is 0.243. The van der Waals surface area contributed by atoms with Crippen LogP contribution < -0.4 is 0 Å². The minimum atomic E-state index is -0.797. The maximum atomic E-state index is 10.00. The van der Waals surface area contributed by atoms with Crippen LogP contribution in [-0.2, 0) is 32.5 Å². The standard InChI is InChI=1S/C2HI3O2.Hg/c3-2(4,5)1(6)7;/h(H,6,7);. The van der Waals surface area contributed by atoms with Gasteiger partial charge in [0, 0.05) is 27.7 Å². The van der Waals surface area contributed by atoms with Crippen LogP contribution in [-0.4, -0.2) is 10.5 Å². The third-order valence-corrected chi connectivity index (χ3v) is 1.63. The van der Waals surface area contributed by atoms with Crippen molar-refractivity contribution in [1.82, 2.24) is 0 Å². The van der Waals surface area contributed by atoms with Crippen LogP contribution >= 0.6 is 67.8 Å². The summed E-state index contributed by atoms with van der Waals surface area (Å²) in [7, 11) is 0. The number of aliphatic carboxylic acids is 1. The molecule has 0 aromatic rings. The topological polar surface area (TPSA) is 37.3 Å². The molecule has 0 amide bonds. The van der Waals surface area contributed by atoms with Gasteiger partial charge in [0.2, 0.25) is -0.565 Å². The molecule has 6 heteroatoms. The van der Waals surface area contributed by atoms with Crippen LogP contribution in [0.2, 0.25) is 0 Å². The molecule has 1 N–H and O–H groups in total. The molecule has 0 aromatic heterocycles. The van der Waals surface area contributed by atoms with Crippen molar-refractivity contribution >= 4 is 73.7 Å². The first-order valence-corrected chi connectivity index (χ1v) is 4.48. The molecular formula is C2HHgI3O2. The Hall–Kier alpha value is 2.60. The van der Waals surface area contributed by atoms with Crippen LogP contribution in [0.4, 0.5) is 0 Å². The van der Waals surface area contributed by atoms with E-state index in [0.717, 1.165) is 0 Å². The van der Waals surface area contributed by atoms with E-state index in [0.29, 0.717) is 0 Å². The molecule has 0 heterocycles. The molecule has 0 saturated carbocycles. The van der Waals surface area contributed by atoms with Crippen molar-refractivity contribution < 1.29 is 37.6 Å². The second-order valence-corrected chi connectivity index (χ2v) is 11.8. The molecule has 0 radical (unpaired) electrons. The van der Waals surface area contributed by atoms with E-state index in [1.165, 1.54) is 0 Å². The fourth-order valence-electron chi connectivity index (χ4n) is 0. The molecule has 0 rings (SSSR count). The number of carboxylic acids is 1. The smallest absolute Gasteiger partial charge is 0.339 e. The molecule has 0 aliphatic carbocycles. The number of rotatable bonds is 1. The van der Waals surface area contributed by atoms with Gasteiger partial charge in [-0.3, -0.25) is 0 Å². The van der Waals surface area contributed by atoms with Crippen LogP contribution in [0.5, 0.6) is 0 Å². The minimum Gasteiger partial charge on any atom is -0.479 e. The van der Waals surface area contributed by atoms with Gasteiger partial charge in [-0.05, 0) is 67.8 Å². The number of hydrogen-bond donors (Lipinski definition) is 1. The zero-order valence-corrected chi connectivity index (χ0v) is 15.7. The van der Waals surface area contributed by atoms with Crippen LogP contribution in [0.15, 0.2) is 0 Å². The molecule has 8 heavy (non-hydrogen) atoms. The number of halogens is 3. The second kappa shape index (κ2) is 5.27. The zero-order valence-electron chi connectivity index (χ0n) is 3.70. The van der Waals surface area contributed by atoms with Gasteiger partial charge in [0.05, 0.1) is 0 Å². The number of alkyl halides is 3. The van der Waals surface area contributed by atoms with Gasteiger partial charge in [0.15, 0.2) is 0 Å². The van der Waals surface area contributed by atoms with Crippen molar-refractivity contribution in [3.63, 3.8) is 0 Å². The van der Waals surface area contributed by atoms with Gasteiger partial charge in [-0.1, -0.05) is 0 Å². The number of carboxylic acid groups (broad SMARTS) is 1. The van der Waals surface area contributed by atoms with E-state index in [1.807, 2.05) is 67.8 Å². The molecule has 0 saturated heterocycles. The van der Waals surface area contributed by atoms with E-state index in [-0.39, 0.29) is 27.7 Å². The summed E-state index contributed by atoms with van der Waals surface area (Å²) < 4.78 is -0.673. The average Bonchev–Trinajstić information content (AvgIpc) is 1.31. The molecule has 0 aromatic carbocycles. The molecule has 2 nitrogen and oxygen atoms in total. The summed E-state index contributed by atoms with van der Waals surface area (Å²) in [5, 5.41) is 8.23. The Morgan fingerprint density at radius 3 is 1.50 bits per heavy atom. The normalized spacial score (nSPS) is 9.88. The SMILES string of the molecule is O=C(O)C(I)(I)I.[Hg]. The van der Waals surface area contributed by atoms with E-state index in [1.54, 1.807) is 0 Å². The molecule has 0 aliphatic heterocycles. The minimum absolute atomic E-state index is 0. The molecule has 0 unspecified atom stereocenters. The Labute approximate surface area is 108 Å². The summed E-state index contributed by atoms with van der Waals surface area (Å²) in [4.78, 5) is 10.00. The van der Waals surface area contributed by atoms with Crippen LogP contribution in [0.3, 0.4) is 0 Å². The fourth-order valence-corrected chi connectivity index (χ4v) is 0. The van der Waals surface area contributed by atoms with Crippen LogP contribution in [0.25, 0.3) is 0 Å². The van der Waals surface area contributed by atoms with Crippen LogP contribution in [0.1, 0.15) is 0 Å². The van der Waals surface area contributed by atoms with Gasteiger partial charge in [0.25, 0.3) is 0 Å². The van der Waals surface area contributed by atoms with Crippen molar-refractivity contribution in [3.8, 4) is 0 Å². The Morgan fingerprint density at radius 2 is 1.50 bits per heavy atom. The summed E-state index contributed by atoms with van der Waals surface area (Å²) in [5.41, 5.74) is 0. The Morgan fingerprint density at radius 1 is 1.38 bits per heavy atom. The molecule has 0 bridgehead atoms. The molecular weight excluding hydrogens is 637 g/mol. The Bertz CT molecular complexity index is 87.8. The van der Waals surface area contributed by atoms with Gasteiger partial charge in [-0.15, -0.1) is 0 Å². The number of carbonyl (C=O) groups is 1. The summed E-state index contributed by atoms with van der Waals surface area (Å²) >= 11 is 5.52. The van der Waals surface area contributed by atoms with Gasteiger partial charge >= 0.3 is 5.97 Å². The molecule has 0 fully saturated rings. The van der Waals surface area contributed by atoms with Gasteiger partial charge in [0.1, 0.15) is 0 Å².